The fourth-order valence-corrected chi connectivity index (χ4v) is 1.68. The molecule has 0 bridgehead atoms. The first-order valence-corrected chi connectivity index (χ1v) is 5.37. The molecule has 4 nitrogen and oxygen atoms in total. The van der Waals surface area contributed by atoms with Crippen molar-refractivity contribution in [3.8, 4) is 0 Å². The lowest BCUT2D eigenvalue weighted by atomic mass is 10.1. The van der Waals surface area contributed by atoms with Gasteiger partial charge in [0.05, 0.1) is 18.8 Å². The van der Waals surface area contributed by atoms with Crippen molar-refractivity contribution in [1.82, 2.24) is 9.78 Å². The minimum Gasteiger partial charge on any atom is -0.394 e. The number of rotatable bonds is 4. The highest BCUT2D eigenvalue weighted by molar-refractivity contribution is 5.33. The van der Waals surface area contributed by atoms with Crippen molar-refractivity contribution in [1.29, 1.82) is 0 Å². The Kier molecular flexibility index (Phi) is 3.39. The monoisotopic (exact) mass is 235 g/mol. The van der Waals surface area contributed by atoms with Crippen LogP contribution in [0.3, 0.4) is 0 Å². The molecule has 1 heterocycles. The quantitative estimate of drug-likeness (QED) is 0.836. The number of halogens is 1. The summed E-state index contributed by atoms with van der Waals surface area (Å²) in [6.45, 7) is 0.328. The van der Waals surface area contributed by atoms with Crippen LogP contribution < -0.4 is 5.73 Å². The summed E-state index contributed by atoms with van der Waals surface area (Å²) in [5.41, 5.74) is 6.99. The molecule has 1 aromatic carbocycles. The van der Waals surface area contributed by atoms with Crippen molar-refractivity contribution < 1.29 is 9.50 Å². The summed E-state index contributed by atoms with van der Waals surface area (Å²) in [5.74, 6) is 0.230. The molecule has 0 aliphatic heterocycles. The second kappa shape index (κ2) is 4.97. The van der Waals surface area contributed by atoms with Crippen molar-refractivity contribution in [2.24, 2.45) is 0 Å². The van der Waals surface area contributed by atoms with E-state index in [0.717, 1.165) is 0 Å². The molecule has 0 aliphatic rings. The summed E-state index contributed by atoms with van der Waals surface area (Å²) >= 11 is 0. The Morgan fingerprint density at radius 3 is 2.82 bits per heavy atom. The third-order valence-electron chi connectivity index (χ3n) is 2.50. The normalized spacial score (nSPS) is 10.7. The zero-order chi connectivity index (χ0) is 12.3. The maximum Gasteiger partial charge on any atom is 0.126 e. The van der Waals surface area contributed by atoms with E-state index in [4.69, 9.17) is 10.8 Å². The van der Waals surface area contributed by atoms with Gasteiger partial charge in [0.1, 0.15) is 11.6 Å². The zero-order valence-corrected chi connectivity index (χ0v) is 9.31. The molecule has 3 N–H and O–H groups in total. The molecular weight excluding hydrogens is 221 g/mol. The number of anilines is 1. The maximum atomic E-state index is 13.4. The SMILES string of the molecule is Nc1cc(Cc2ccccc2F)nn1CCO. The molecule has 17 heavy (non-hydrogen) atoms. The number of aromatic nitrogens is 2. The molecule has 0 fully saturated rings. The van der Waals surface area contributed by atoms with Gasteiger partial charge in [-0.2, -0.15) is 5.10 Å². The van der Waals surface area contributed by atoms with Crippen LogP contribution in [0.2, 0.25) is 0 Å². The average Bonchev–Trinajstić information content (AvgIpc) is 2.63. The number of nitrogen functional groups attached to an aromatic ring is 1. The minimum atomic E-state index is -0.247. The number of nitrogens with zero attached hydrogens (tertiary/aromatic N) is 2. The van der Waals surface area contributed by atoms with Crippen molar-refractivity contribution in [3.05, 3.63) is 47.4 Å². The maximum absolute atomic E-state index is 13.4. The number of hydrogen-bond acceptors (Lipinski definition) is 3. The van der Waals surface area contributed by atoms with Crippen LogP contribution in [0, 0.1) is 5.82 Å². The van der Waals surface area contributed by atoms with Crippen molar-refractivity contribution in [3.63, 3.8) is 0 Å². The van der Waals surface area contributed by atoms with E-state index >= 15 is 0 Å². The molecule has 0 aliphatic carbocycles. The van der Waals surface area contributed by atoms with E-state index in [-0.39, 0.29) is 12.4 Å². The van der Waals surface area contributed by atoms with Crippen LogP contribution in [0.1, 0.15) is 11.3 Å². The lowest BCUT2D eigenvalue weighted by Gasteiger charge is -2.00. The molecule has 0 radical (unpaired) electrons. The van der Waals surface area contributed by atoms with E-state index in [1.54, 1.807) is 24.3 Å². The second-order valence-corrected chi connectivity index (χ2v) is 3.78. The van der Waals surface area contributed by atoms with Gasteiger partial charge in [0, 0.05) is 12.5 Å². The molecular formula is C12H14FN3O. The fraction of sp³-hybridized carbons (Fsp3) is 0.250. The Bertz CT molecular complexity index is 510. The first kappa shape index (κ1) is 11.6. The van der Waals surface area contributed by atoms with Crippen LogP contribution in [0.25, 0.3) is 0 Å². The highest BCUT2D eigenvalue weighted by Crippen LogP contribution is 2.14. The molecule has 0 atom stereocenters. The molecule has 0 unspecified atom stereocenters. The molecule has 0 saturated carbocycles. The second-order valence-electron chi connectivity index (χ2n) is 3.78. The molecule has 0 spiro atoms. The van der Waals surface area contributed by atoms with Gasteiger partial charge in [0.25, 0.3) is 0 Å². The van der Waals surface area contributed by atoms with E-state index in [0.29, 0.717) is 30.0 Å². The highest BCUT2D eigenvalue weighted by Gasteiger charge is 2.07. The Hall–Kier alpha value is -1.88. The van der Waals surface area contributed by atoms with E-state index in [1.807, 2.05) is 0 Å². The third kappa shape index (κ3) is 2.62. The van der Waals surface area contributed by atoms with Gasteiger partial charge in [-0.3, -0.25) is 0 Å². The van der Waals surface area contributed by atoms with Gasteiger partial charge in [-0.25, -0.2) is 9.07 Å². The van der Waals surface area contributed by atoms with Crippen LogP contribution in [0.15, 0.2) is 30.3 Å². The van der Waals surface area contributed by atoms with Crippen LogP contribution in [-0.2, 0) is 13.0 Å². The summed E-state index contributed by atoms with van der Waals surface area (Å²) in [5, 5.41) is 13.0. The van der Waals surface area contributed by atoms with E-state index < -0.39 is 0 Å². The third-order valence-corrected chi connectivity index (χ3v) is 2.50. The zero-order valence-electron chi connectivity index (χ0n) is 9.31. The van der Waals surface area contributed by atoms with Crippen molar-refractivity contribution >= 4 is 5.82 Å². The average molecular weight is 235 g/mol. The first-order chi connectivity index (χ1) is 8.20. The molecule has 0 saturated heterocycles. The van der Waals surface area contributed by atoms with Crippen molar-refractivity contribution in [2.45, 2.75) is 13.0 Å². The van der Waals surface area contributed by atoms with Gasteiger partial charge < -0.3 is 10.8 Å². The lowest BCUT2D eigenvalue weighted by molar-refractivity contribution is 0.270. The van der Waals surface area contributed by atoms with E-state index in [1.165, 1.54) is 10.7 Å². The Morgan fingerprint density at radius 2 is 2.12 bits per heavy atom. The largest absolute Gasteiger partial charge is 0.394 e. The molecule has 90 valence electrons. The molecule has 2 rings (SSSR count). The van der Waals surface area contributed by atoms with Gasteiger partial charge in [0.15, 0.2) is 0 Å². The van der Waals surface area contributed by atoms with Gasteiger partial charge in [-0.1, -0.05) is 18.2 Å². The number of aliphatic hydroxyl groups excluding tert-OH is 1. The van der Waals surface area contributed by atoms with Gasteiger partial charge in [-0.15, -0.1) is 0 Å². The molecule has 1 aromatic heterocycles. The smallest absolute Gasteiger partial charge is 0.126 e. The molecule has 5 heteroatoms. The summed E-state index contributed by atoms with van der Waals surface area (Å²) in [6, 6.07) is 8.27. The highest BCUT2D eigenvalue weighted by atomic mass is 19.1. The van der Waals surface area contributed by atoms with Crippen LogP contribution in [-0.4, -0.2) is 21.5 Å². The number of benzene rings is 1. The van der Waals surface area contributed by atoms with Gasteiger partial charge in [0.2, 0.25) is 0 Å². The predicted octanol–water partition coefficient (Wildman–Crippen LogP) is 1.19. The van der Waals surface area contributed by atoms with Gasteiger partial charge >= 0.3 is 0 Å². The standard InChI is InChI=1S/C12H14FN3O/c13-11-4-2-1-3-9(11)7-10-8-12(14)16(15-10)5-6-17/h1-4,8,17H,5-7,14H2. The summed E-state index contributed by atoms with van der Waals surface area (Å²) in [6.07, 6.45) is 0.398. The van der Waals surface area contributed by atoms with Crippen LogP contribution in [0.4, 0.5) is 10.2 Å². The first-order valence-electron chi connectivity index (χ1n) is 5.37. The molecule has 0 amide bonds. The number of aliphatic hydroxyl groups is 1. The van der Waals surface area contributed by atoms with E-state index in [9.17, 15) is 4.39 Å². The van der Waals surface area contributed by atoms with E-state index in [2.05, 4.69) is 5.10 Å². The molecule has 2 aromatic rings. The minimum absolute atomic E-state index is 0.0228. The Balaban J connectivity index is 2.19. The van der Waals surface area contributed by atoms with Crippen molar-refractivity contribution in [2.75, 3.05) is 12.3 Å². The summed E-state index contributed by atoms with van der Waals surface area (Å²) in [7, 11) is 0. The Labute approximate surface area is 98.5 Å². The number of nitrogens with two attached hydrogens (primary N) is 1. The van der Waals surface area contributed by atoms with Crippen LogP contribution >= 0.6 is 0 Å². The fourth-order valence-electron chi connectivity index (χ4n) is 1.68. The number of hydrogen-bond donors (Lipinski definition) is 2. The summed E-state index contributed by atoms with van der Waals surface area (Å²) < 4.78 is 14.9. The van der Waals surface area contributed by atoms with Crippen LogP contribution in [0.5, 0.6) is 0 Å². The van der Waals surface area contributed by atoms with Gasteiger partial charge in [-0.05, 0) is 11.6 Å². The Morgan fingerprint density at radius 1 is 1.35 bits per heavy atom. The topological polar surface area (TPSA) is 64.1 Å². The summed E-state index contributed by atoms with van der Waals surface area (Å²) in [4.78, 5) is 0. The lowest BCUT2D eigenvalue weighted by Crippen LogP contribution is -2.07. The predicted molar refractivity (Wildman–Crippen MR) is 62.9 cm³/mol.